The normalized spacial score (nSPS) is 19.1. The van der Waals surface area contributed by atoms with Crippen molar-refractivity contribution in [3.05, 3.63) is 51.3 Å². The van der Waals surface area contributed by atoms with Crippen LogP contribution in [0.3, 0.4) is 0 Å². The molecule has 1 N–H and O–H groups in total. The highest BCUT2D eigenvalue weighted by atomic mass is 16.6. The van der Waals surface area contributed by atoms with Gasteiger partial charge in [0.2, 0.25) is 0 Å². The standard InChI is InChI=1S/C22H20N2O6/c1-4-22(27)13-8-15-18-11(9-24(15)20(25)12(13)10-30-21(22)26)19(29-3)17-14(23-18)6-5-7-16(17)28-2/h5-8,27H,4,9-10H2,1-3H3/t22-/m0/s1. The SMILES string of the molecule is CC[C@@]1(O)C(=O)OCc2c1cc1n(c2=O)Cc2c-1nc1cccc(OC)c1c2OC. The molecule has 0 aliphatic carbocycles. The van der Waals surface area contributed by atoms with Crippen LogP contribution < -0.4 is 15.0 Å². The fourth-order valence-electron chi connectivity index (χ4n) is 4.45. The summed E-state index contributed by atoms with van der Waals surface area (Å²) in [4.78, 5) is 30.3. The molecule has 1 aromatic carbocycles. The molecule has 1 atom stereocenters. The molecule has 0 spiro atoms. The number of rotatable bonds is 3. The Labute approximate surface area is 171 Å². The zero-order chi connectivity index (χ0) is 21.2. The molecule has 2 aromatic heterocycles. The van der Waals surface area contributed by atoms with Gasteiger partial charge in [-0.15, -0.1) is 0 Å². The second-order valence-electron chi connectivity index (χ2n) is 7.43. The number of hydrogen-bond acceptors (Lipinski definition) is 7. The van der Waals surface area contributed by atoms with Crippen LogP contribution in [0, 0.1) is 0 Å². The number of carbonyl (C=O) groups excluding carboxylic acids is 1. The van der Waals surface area contributed by atoms with Gasteiger partial charge < -0.3 is 23.9 Å². The highest BCUT2D eigenvalue weighted by Gasteiger charge is 2.45. The number of ether oxygens (including phenoxy) is 3. The smallest absolute Gasteiger partial charge is 0.343 e. The minimum atomic E-state index is -1.85. The first-order valence-corrected chi connectivity index (χ1v) is 9.65. The van der Waals surface area contributed by atoms with Gasteiger partial charge in [-0.05, 0) is 24.6 Å². The zero-order valence-electron chi connectivity index (χ0n) is 16.8. The predicted octanol–water partition coefficient (Wildman–Crippen LogP) is 2.10. The highest BCUT2D eigenvalue weighted by molar-refractivity contribution is 5.95. The van der Waals surface area contributed by atoms with Crippen molar-refractivity contribution in [3.8, 4) is 22.9 Å². The Hall–Kier alpha value is -3.39. The Balaban J connectivity index is 1.84. The van der Waals surface area contributed by atoms with Crippen LogP contribution in [-0.2, 0) is 28.3 Å². The number of esters is 1. The van der Waals surface area contributed by atoms with E-state index in [0.29, 0.717) is 28.4 Å². The second kappa shape index (κ2) is 6.30. The van der Waals surface area contributed by atoms with Gasteiger partial charge in [0, 0.05) is 11.1 Å². The van der Waals surface area contributed by atoms with Crippen molar-refractivity contribution in [2.45, 2.75) is 32.1 Å². The summed E-state index contributed by atoms with van der Waals surface area (Å²) in [5.41, 5.74) is 0.958. The van der Waals surface area contributed by atoms with Crippen molar-refractivity contribution in [1.29, 1.82) is 0 Å². The van der Waals surface area contributed by atoms with Gasteiger partial charge in [-0.3, -0.25) is 4.79 Å². The number of pyridine rings is 2. The maximum atomic E-state index is 13.3. The van der Waals surface area contributed by atoms with Crippen LogP contribution in [-0.4, -0.2) is 34.8 Å². The lowest BCUT2D eigenvalue weighted by atomic mass is 9.86. The Bertz CT molecular complexity index is 1300. The first kappa shape index (κ1) is 18.6. The zero-order valence-corrected chi connectivity index (χ0v) is 16.8. The van der Waals surface area contributed by atoms with Crippen molar-refractivity contribution in [2.75, 3.05) is 14.2 Å². The Morgan fingerprint density at radius 2 is 2.03 bits per heavy atom. The van der Waals surface area contributed by atoms with Gasteiger partial charge in [-0.1, -0.05) is 13.0 Å². The first-order chi connectivity index (χ1) is 14.4. The summed E-state index contributed by atoms with van der Waals surface area (Å²) in [6, 6.07) is 7.20. The summed E-state index contributed by atoms with van der Waals surface area (Å²) in [5.74, 6) is 0.474. The lowest BCUT2D eigenvalue weighted by Crippen LogP contribution is -2.44. The monoisotopic (exact) mass is 408 g/mol. The summed E-state index contributed by atoms with van der Waals surface area (Å²) < 4.78 is 17.9. The third-order valence-electron chi connectivity index (χ3n) is 6.05. The molecule has 2 aliphatic heterocycles. The molecular weight excluding hydrogens is 388 g/mol. The molecule has 4 heterocycles. The first-order valence-electron chi connectivity index (χ1n) is 9.65. The Kier molecular flexibility index (Phi) is 3.91. The van der Waals surface area contributed by atoms with E-state index in [9.17, 15) is 14.7 Å². The van der Waals surface area contributed by atoms with E-state index in [1.54, 1.807) is 31.8 Å². The van der Waals surface area contributed by atoms with Crippen LogP contribution >= 0.6 is 0 Å². The van der Waals surface area contributed by atoms with E-state index in [4.69, 9.17) is 19.2 Å². The molecule has 0 saturated heterocycles. The molecule has 8 nitrogen and oxygen atoms in total. The van der Waals surface area contributed by atoms with E-state index < -0.39 is 11.6 Å². The fraction of sp³-hybridized carbons (Fsp3) is 0.318. The predicted molar refractivity (Wildman–Crippen MR) is 108 cm³/mol. The van der Waals surface area contributed by atoms with Gasteiger partial charge >= 0.3 is 5.97 Å². The minimum Gasteiger partial charge on any atom is -0.496 e. The minimum absolute atomic E-state index is 0.0975. The van der Waals surface area contributed by atoms with Gasteiger partial charge in [-0.2, -0.15) is 0 Å². The number of aromatic nitrogens is 2. The average Bonchev–Trinajstić information content (AvgIpc) is 3.13. The molecular formula is C22H20N2O6. The second-order valence-corrected chi connectivity index (χ2v) is 7.43. The molecule has 0 fully saturated rings. The molecule has 0 radical (unpaired) electrons. The molecule has 3 aromatic rings. The van der Waals surface area contributed by atoms with Gasteiger partial charge in [0.05, 0.1) is 48.6 Å². The van der Waals surface area contributed by atoms with Gasteiger partial charge in [0.1, 0.15) is 18.1 Å². The van der Waals surface area contributed by atoms with Crippen molar-refractivity contribution in [3.63, 3.8) is 0 Å². The van der Waals surface area contributed by atoms with E-state index in [2.05, 4.69) is 0 Å². The van der Waals surface area contributed by atoms with Crippen LogP contribution in [0.5, 0.6) is 11.5 Å². The van der Waals surface area contributed by atoms with Gasteiger partial charge in [0.25, 0.3) is 5.56 Å². The van der Waals surface area contributed by atoms with E-state index in [1.807, 2.05) is 18.2 Å². The largest absolute Gasteiger partial charge is 0.496 e. The molecule has 0 saturated carbocycles. The summed E-state index contributed by atoms with van der Waals surface area (Å²) in [5, 5.41) is 11.7. The quantitative estimate of drug-likeness (QED) is 0.518. The van der Waals surface area contributed by atoms with Crippen molar-refractivity contribution >= 4 is 16.9 Å². The molecule has 0 unspecified atom stereocenters. The average molecular weight is 408 g/mol. The summed E-state index contributed by atoms with van der Waals surface area (Å²) >= 11 is 0. The van der Waals surface area contributed by atoms with E-state index in [1.165, 1.54) is 0 Å². The third kappa shape index (κ3) is 2.22. The number of fused-ring (bicyclic) bond motifs is 5. The van der Waals surface area contributed by atoms with Gasteiger partial charge in [0.15, 0.2) is 5.60 Å². The van der Waals surface area contributed by atoms with Crippen LogP contribution in [0.4, 0.5) is 0 Å². The molecule has 0 amide bonds. The summed E-state index contributed by atoms with van der Waals surface area (Å²) in [6.45, 7) is 1.78. The number of carbonyl (C=O) groups is 1. The van der Waals surface area contributed by atoms with E-state index in [0.717, 1.165) is 10.9 Å². The van der Waals surface area contributed by atoms with Crippen molar-refractivity contribution in [2.24, 2.45) is 0 Å². The Morgan fingerprint density at radius 3 is 2.73 bits per heavy atom. The number of benzene rings is 1. The van der Waals surface area contributed by atoms with Crippen LogP contribution in [0.25, 0.3) is 22.3 Å². The molecule has 0 bridgehead atoms. The topological polar surface area (TPSA) is 99.9 Å². The molecule has 5 rings (SSSR count). The van der Waals surface area contributed by atoms with Crippen molar-refractivity contribution in [1.82, 2.24) is 9.55 Å². The van der Waals surface area contributed by atoms with Crippen LogP contribution in [0.2, 0.25) is 0 Å². The molecule has 8 heteroatoms. The number of methoxy groups -OCH3 is 2. The number of nitrogens with zero attached hydrogens (tertiary/aromatic N) is 2. The third-order valence-corrected chi connectivity index (χ3v) is 6.05. The summed E-state index contributed by atoms with van der Waals surface area (Å²) in [7, 11) is 3.15. The molecule has 2 aliphatic rings. The van der Waals surface area contributed by atoms with Crippen LogP contribution in [0.15, 0.2) is 29.1 Å². The summed E-state index contributed by atoms with van der Waals surface area (Å²) in [6.07, 6.45) is 0.0975. The maximum Gasteiger partial charge on any atom is 0.343 e. The number of cyclic esters (lactones) is 1. The highest BCUT2D eigenvalue weighted by Crippen LogP contribution is 2.44. The fourth-order valence-corrected chi connectivity index (χ4v) is 4.45. The number of hydrogen-bond donors (Lipinski definition) is 1. The van der Waals surface area contributed by atoms with Crippen LogP contribution in [0.1, 0.15) is 30.0 Å². The lowest BCUT2D eigenvalue weighted by Gasteiger charge is -2.31. The van der Waals surface area contributed by atoms with Crippen molar-refractivity contribution < 1.29 is 24.1 Å². The maximum absolute atomic E-state index is 13.3. The Morgan fingerprint density at radius 1 is 1.23 bits per heavy atom. The van der Waals surface area contributed by atoms with E-state index >= 15 is 0 Å². The van der Waals surface area contributed by atoms with E-state index in [-0.39, 0.29) is 36.3 Å². The number of aliphatic hydroxyl groups is 1. The van der Waals surface area contributed by atoms with Gasteiger partial charge in [-0.25, -0.2) is 9.78 Å². The molecule has 154 valence electrons. The lowest BCUT2D eigenvalue weighted by molar-refractivity contribution is -0.172. The molecule has 30 heavy (non-hydrogen) atoms.